The first-order valence-electron chi connectivity index (χ1n) is 7.52. The van der Waals surface area contributed by atoms with Crippen LogP contribution in [0.25, 0.3) is 0 Å². The minimum atomic E-state index is -0.330. The molecule has 1 aliphatic heterocycles. The Kier molecular flexibility index (Phi) is 5.49. The molecule has 0 radical (unpaired) electrons. The van der Waals surface area contributed by atoms with E-state index in [1.165, 1.54) is 24.3 Å². The van der Waals surface area contributed by atoms with Gasteiger partial charge in [-0.05, 0) is 24.3 Å². The first-order chi connectivity index (χ1) is 10.5. The Bertz CT molecular complexity index is 523. The summed E-state index contributed by atoms with van der Waals surface area (Å²) in [6.07, 6.45) is 0. The van der Waals surface area contributed by atoms with Crippen LogP contribution in [0.4, 0.5) is 10.1 Å². The van der Waals surface area contributed by atoms with E-state index in [0.29, 0.717) is 31.9 Å². The molecule has 0 bridgehead atoms. The van der Waals surface area contributed by atoms with Crippen LogP contribution in [0.2, 0.25) is 0 Å². The highest BCUT2D eigenvalue weighted by atomic mass is 19.1. The third-order valence-corrected chi connectivity index (χ3v) is 3.67. The van der Waals surface area contributed by atoms with Crippen molar-refractivity contribution in [2.75, 3.05) is 38.0 Å². The van der Waals surface area contributed by atoms with Gasteiger partial charge in [0.05, 0.1) is 6.54 Å². The molecule has 1 heterocycles. The molecule has 0 aliphatic carbocycles. The van der Waals surface area contributed by atoms with Crippen LogP contribution in [-0.4, -0.2) is 54.3 Å². The van der Waals surface area contributed by atoms with Crippen LogP contribution >= 0.6 is 0 Å². The maximum absolute atomic E-state index is 12.8. The Hall–Kier alpha value is -1.95. The predicted octanol–water partition coefficient (Wildman–Crippen LogP) is 1.56. The van der Waals surface area contributed by atoms with E-state index in [1.54, 1.807) is 0 Å². The van der Waals surface area contributed by atoms with Gasteiger partial charge in [-0.2, -0.15) is 0 Å². The highest BCUT2D eigenvalue weighted by molar-refractivity contribution is 5.92. The van der Waals surface area contributed by atoms with E-state index in [4.69, 9.17) is 0 Å². The number of nitrogens with one attached hydrogen (secondary N) is 1. The summed E-state index contributed by atoms with van der Waals surface area (Å²) < 4.78 is 12.8. The molecule has 2 rings (SSSR count). The van der Waals surface area contributed by atoms with Gasteiger partial charge in [-0.15, -0.1) is 0 Å². The number of carbonyl (C=O) groups excluding carboxylic acids is 2. The zero-order valence-electron chi connectivity index (χ0n) is 13.0. The van der Waals surface area contributed by atoms with Gasteiger partial charge >= 0.3 is 0 Å². The quantitative estimate of drug-likeness (QED) is 0.918. The molecule has 120 valence electrons. The Morgan fingerprint density at radius 2 is 1.73 bits per heavy atom. The van der Waals surface area contributed by atoms with E-state index in [2.05, 4.69) is 5.32 Å². The van der Waals surface area contributed by atoms with Gasteiger partial charge in [0, 0.05) is 37.8 Å². The Balaban J connectivity index is 1.77. The van der Waals surface area contributed by atoms with E-state index in [-0.39, 0.29) is 30.1 Å². The lowest BCUT2D eigenvalue weighted by Gasteiger charge is -2.35. The topological polar surface area (TPSA) is 52.7 Å². The van der Waals surface area contributed by atoms with E-state index < -0.39 is 0 Å². The van der Waals surface area contributed by atoms with Crippen molar-refractivity contribution >= 4 is 17.5 Å². The summed E-state index contributed by atoms with van der Waals surface area (Å²) in [5, 5.41) is 2.74. The number of anilines is 1. The molecule has 1 saturated heterocycles. The number of hydrogen-bond donors (Lipinski definition) is 1. The van der Waals surface area contributed by atoms with Crippen molar-refractivity contribution in [3.63, 3.8) is 0 Å². The Morgan fingerprint density at radius 1 is 1.14 bits per heavy atom. The molecule has 0 unspecified atom stereocenters. The molecule has 0 spiro atoms. The number of amides is 2. The van der Waals surface area contributed by atoms with Crippen molar-refractivity contribution in [1.29, 1.82) is 0 Å². The van der Waals surface area contributed by atoms with Gasteiger partial charge in [0.25, 0.3) is 0 Å². The van der Waals surface area contributed by atoms with Crippen molar-refractivity contribution < 1.29 is 14.0 Å². The van der Waals surface area contributed by atoms with Gasteiger partial charge in [0.2, 0.25) is 11.8 Å². The second-order valence-electron chi connectivity index (χ2n) is 5.81. The monoisotopic (exact) mass is 307 g/mol. The largest absolute Gasteiger partial charge is 0.340 e. The normalized spacial score (nSPS) is 15.9. The Labute approximate surface area is 130 Å². The predicted molar refractivity (Wildman–Crippen MR) is 82.9 cm³/mol. The molecule has 0 atom stereocenters. The molecule has 6 heteroatoms. The summed E-state index contributed by atoms with van der Waals surface area (Å²) in [7, 11) is 0. The number of benzene rings is 1. The minimum Gasteiger partial charge on any atom is -0.340 e. The molecule has 2 amide bonds. The van der Waals surface area contributed by atoms with E-state index >= 15 is 0 Å². The highest BCUT2D eigenvalue weighted by Gasteiger charge is 2.23. The maximum Gasteiger partial charge on any atom is 0.238 e. The van der Waals surface area contributed by atoms with Gasteiger partial charge in [0.15, 0.2) is 0 Å². The Morgan fingerprint density at radius 3 is 2.27 bits per heavy atom. The van der Waals surface area contributed by atoms with E-state index in [0.717, 1.165) is 0 Å². The zero-order chi connectivity index (χ0) is 16.1. The van der Waals surface area contributed by atoms with Crippen LogP contribution in [0.3, 0.4) is 0 Å². The second kappa shape index (κ2) is 7.35. The van der Waals surface area contributed by atoms with Gasteiger partial charge in [-0.3, -0.25) is 14.5 Å². The third kappa shape index (κ3) is 4.53. The number of piperazine rings is 1. The lowest BCUT2D eigenvalue weighted by atomic mass is 10.1. The standard InChI is InChI=1S/C16H22FN3O2/c1-12(2)16(22)20-9-7-19(8-10-20)11-15(21)18-14-5-3-13(17)4-6-14/h3-6,12H,7-11H2,1-2H3,(H,18,21). The molecule has 0 saturated carbocycles. The van der Waals surface area contributed by atoms with Crippen molar-refractivity contribution in [2.45, 2.75) is 13.8 Å². The van der Waals surface area contributed by atoms with Gasteiger partial charge < -0.3 is 10.2 Å². The summed E-state index contributed by atoms with van der Waals surface area (Å²) in [6, 6.07) is 5.69. The van der Waals surface area contributed by atoms with Gasteiger partial charge in [-0.25, -0.2) is 4.39 Å². The first-order valence-corrected chi connectivity index (χ1v) is 7.52. The second-order valence-corrected chi connectivity index (χ2v) is 5.81. The minimum absolute atomic E-state index is 0.00771. The molecule has 1 aromatic rings. The first kappa shape index (κ1) is 16.4. The summed E-state index contributed by atoms with van der Waals surface area (Å²) >= 11 is 0. The summed E-state index contributed by atoms with van der Waals surface area (Å²) in [5.41, 5.74) is 0.583. The fraction of sp³-hybridized carbons (Fsp3) is 0.500. The number of nitrogens with zero attached hydrogens (tertiary/aromatic N) is 2. The lowest BCUT2D eigenvalue weighted by Crippen LogP contribution is -2.51. The van der Waals surface area contributed by atoms with Crippen molar-refractivity contribution in [1.82, 2.24) is 9.80 Å². The van der Waals surface area contributed by atoms with Crippen LogP contribution in [0.15, 0.2) is 24.3 Å². The SMILES string of the molecule is CC(C)C(=O)N1CCN(CC(=O)Nc2ccc(F)cc2)CC1. The number of carbonyl (C=O) groups is 2. The smallest absolute Gasteiger partial charge is 0.238 e. The summed E-state index contributed by atoms with van der Waals surface area (Å²) in [5.74, 6) is -0.289. The molecular formula is C16H22FN3O2. The number of rotatable bonds is 4. The van der Waals surface area contributed by atoms with Gasteiger partial charge in [-0.1, -0.05) is 13.8 Å². The lowest BCUT2D eigenvalue weighted by molar-refractivity contribution is -0.136. The van der Waals surface area contributed by atoms with Gasteiger partial charge in [0.1, 0.15) is 5.82 Å². The van der Waals surface area contributed by atoms with Crippen LogP contribution in [0.5, 0.6) is 0 Å². The fourth-order valence-electron chi connectivity index (χ4n) is 2.43. The van der Waals surface area contributed by atoms with E-state index in [1.807, 2.05) is 23.6 Å². The molecule has 1 aliphatic rings. The third-order valence-electron chi connectivity index (χ3n) is 3.67. The van der Waals surface area contributed by atoms with Crippen LogP contribution in [0, 0.1) is 11.7 Å². The molecule has 0 aromatic heterocycles. The van der Waals surface area contributed by atoms with Crippen molar-refractivity contribution in [3.8, 4) is 0 Å². The molecule has 1 fully saturated rings. The average Bonchev–Trinajstić information content (AvgIpc) is 2.49. The molecular weight excluding hydrogens is 285 g/mol. The number of hydrogen-bond acceptors (Lipinski definition) is 3. The van der Waals surface area contributed by atoms with Crippen molar-refractivity contribution in [3.05, 3.63) is 30.1 Å². The molecule has 22 heavy (non-hydrogen) atoms. The molecule has 1 aromatic carbocycles. The zero-order valence-corrected chi connectivity index (χ0v) is 13.0. The van der Waals surface area contributed by atoms with Crippen molar-refractivity contribution in [2.24, 2.45) is 5.92 Å². The summed E-state index contributed by atoms with van der Waals surface area (Å²) in [6.45, 7) is 6.75. The average molecular weight is 307 g/mol. The summed E-state index contributed by atoms with van der Waals surface area (Å²) in [4.78, 5) is 27.7. The molecule has 1 N–H and O–H groups in total. The highest BCUT2D eigenvalue weighted by Crippen LogP contribution is 2.10. The maximum atomic E-state index is 12.8. The van der Waals surface area contributed by atoms with Crippen LogP contribution in [-0.2, 0) is 9.59 Å². The van der Waals surface area contributed by atoms with Crippen LogP contribution < -0.4 is 5.32 Å². The number of halogens is 1. The molecule has 5 nitrogen and oxygen atoms in total. The fourth-order valence-corrected chi connectivity index (χ4v) is 2.43. The van der Waals surface area contributed by atoms with Crippen LogP contribution in [0.1, 0.15) is 13.8 Å². The van der Waals surface area contributed by atoms with E-state index in [9.17, 15) is 14.0 Å².